The first kappa shape index (κ1) is 11.1. The van der Waals surface area contributed by atoms with Crippen LogP contribution in [0.15, 0.2) is 24.3 Å². The van der Waals surface area contributed by atoms with Gasteiger partial charge in [-0.15, -0.1) is 0 Å². The SMILES string of the molecule is COC(C(=O)O)C1(c2ccccc2C)CC1. The Morgan fingerprint density at radius 1 is 1.44 bits per heavy atom. The molecule has 1 unspecified atom stereocenters. The maximum Gasteiger partial charge on any atom is 0.333 e. The van der Waals surface area contributed by atoms with Crippen molar-refractivity contribution in [2.75, 3.05) is 7.11 Å². The third-order valence-electron chi connectivity index (χ3n) is 3.43. The molecule has 1 N–H and O–H groups in total. The summed E-state index contributed by atoms with van der Waals surface area (Å²) in [4.78, 5) is 11.2. The summed E-state index contributed by atoms with van der Waals surface area (Å²) in [5, 5.41) is 9.18. The predicted molar refractivity (Wildman–Crippen MR) is 60.5 cm³/mol. The van der Waals surface area contributed by atoms with Crippen molar-refractivity contribution < 1.29 is 14.6 Å². The van der Waals surface area contributed by atoms with E-state index in [1.54, 1.807) is 0 Å². The Hall–Kier alpha value is -1.35. The van der Waals surface area contributed by atoms with Crippen molar-refractivity contribution in [2.45, 2.75) is 31.3 Å². The van der Waals surface area contributed by atoms with E-state index in [4.69, 9.17) is 4.74 Å². The average molecular weight is 220 g/mol. The van der Waals surface area contributed by atoms with E-state index >= 15 is 0 Å². The second-order valence-corrected chi connectivity index (χ2v) is 4.43. The molecule has 1 saturated carbocycles. The van der Waals surface area contributed by atoms with Crippen molar-refractivity contribution >= 4 is 5.97 Å². The molecule has 86 valence electrons. The molecule has 16 heavy (non-hydrogen) atoms. The van der Waals surface area contributed by atoms with Gasteiger partial charge in [-0.1, -0.05) is 24.3 Å². The molecule has 0 aromatic heterocycles. The number of carboxylic acid groups (broad SMARTS) is 1. The van der Waals surface area contributed by atoms with E-state index in [9.17, 15) is 9.90 Å². The monoisotopic (exact) mass is 220 g/mol. The van der Waals surface area contributed by atoms with E-state index in [0.717, 1.165) is 24.0 Å². The van der Waals surface area contributed by atoms with Gasteiger partial charge in [0.05, 0.1) is 0 Å². The fourth-order valence-electron chi connectivity index (χ4n) is 2.50. The number of hydrogen-bond donors (Lipinski definition) is 1. The van der Waals surface area contributed by atoms with Crippen LogP contribution in [-0.4, -0.2) is 24.3 Å². The first-order chi connectivity index (χ1) is 7.62. The van der Waals surface area contributed by atoms with Gasteiger partial charge in [-0.25, -0.2) is 4.79 Å². The lowest BCUT2D eigenvalue weighted by molar-refractivity contribution is -0.150. The molecule has 1 aliphatic rings. The standard InChI is InChI=1S/C13H16O3/c1-9-5-3-4-6-10(9)13(7-8-13)11(16-2)12(14)15/h3-6,11H,7-8H2,1-2H3,(H,14,15). The molecule has 0 amide bonds. The molecule has 3 nitrogen and oxygen atoms in total. The molecule has 0 aliphatic heterocycles. The van der Waals surface area contributed by atoms with Gasteiger partial charge in [0.15, 0.2) is 6.10 Å². The van der Waals surface area contributed by atoms with Crippen molar-refractivity contribution in [1.29, 1.82) is 0 Å². The highest BCUT2D eigenvalue weighted by Gasteiger charge is 2.55. The number of benzene rings is 1. The number of rotatable bonds is 4. The van der Waals surface area contributed by atoms with Gasteiger partial charge in [-0.2, -0.15) is 0 Å². The maximum absolute atomic E-state index is 11.2. The molecule has 1 aromatic rings. The van der Waals surface area contributed by atoms with Gasteiger partial charge in [0.1, 0.15) is 0 Å². The lowest BCUT2D eigenvalue weighted by Crippen LogP contribution is -2.36. The van der Waals surface area contributed by atoms with Gasteiger partial charge in [0.25, 0.3) is 0 Å². The zero-order chi connectivity index (χ0) is 11.8. The molecule has 0 radical (unpaired) electrons. The average Bonchev–Trinajstić information content (AvgIpc) is 3.00. The molecule has 1 atom stereocenters. The number of methoxy groups -OCH3 is 1. The molecular weight excluding hydrogens is 204 g/mol. The molecular formula is C13H16O3. The number of carbonyl (C=O) groups is 1. The third kappa shape index (κ3) is 1.61. The van der Waals surface area contributed by atoms with Crippen LogP contribution in [0.5, 0.6) is 0 Å². The second-order valence-electron chi connectivity index (χ2n) is 4.43. The van der Waals surface area contributed by atoms with Crippen molar-refractivity contribution in [2.24, 2.45) is 0 Å². The van der Waals surface area contributed by atoms with Crippen LogP contribution in [0.3, 0.4) is 0 Å². The Morgan fingerprint density at radius 3 is 2.50 bits per heavy atom. The van der Waals surface area contributed by atoms with E-state index in [-0.39, 0.29) is 5.41 Å². The van der Waals surface area contributed by atoms with Crippen LogP contribution in [0.2, 0.25) is 0 Å². The largest absolute Gasteiger partial charge is 0.479 e. The van der Waals surface area contributed by atoms with Gasteiger partial charge in [0.2, 0.25) is 0 Å². The smallest absolute Gasteiger partial charge is 0.333 e. The van der Waals surface area contributed by atoms with Crippen LogP contribution in [-0.2, 0) is 14.9 Å². The zero-order valence-corrected chi connectivity index (χ0v) is 9.56. The van der Waals surface area contributed by atoms with Gasteiger partial charge in [-0.3, -0.25) is 0 Å². The third-order valence-corrected chi connectivity index (χ3v) is 3.43. The second kappa shape index (κ2) is 3.91. The minimum absolute atomic E-state index is 0.300. The topological polar surface area (TPSA) is 46.5 Å². The van der Waals surface area contributed by atoms with Crippen LogP contribution in [0.1, 0.15) is 24.0 Å². The summed E-state index contributed by atoms with van der Waals surface area (Å²) in [7, 11) is 1.47. The molecule has 0 saturated heterocycles. The summed E-state index contributed by atoms with van der Waals surface area (Å²) >= 11 is 0. The molecule has 1 aromatic carbocycles. The van der Waals surface area contributed by atoms with Gasteiger partial charge in [0, 0.05) is 12.5 Å². The summed E-state index contributed by atoms with van der Waals surface area (Å²) in [6.45, 7) is 2.02. The summed E-state index contributed by atoms with van der Waals surface area (Å²) in [5.74, 6) is -0.872. The summed E-state index contributed by atoms with van der Waals surface area (Å²) in [6, 6.07) is 7.95. The van der Waals surface area contributed by atoms with Crippen molar-refractivity contribution in [3.63, 3.8) is 0 Å². The Labute approximate surface area is 95.0 Å². The maximum atomic E-state index is 11.2. The molecule has 1 aliphatic carbocycles. The number of aliphatic carboxylic acids is 1. The van der Waals surface area contributed by atoms with E-state index in [1.807, 2.05) is 31.2 Å². The lowest BCUT2D eigenvalue weighted by atomic mass is 9.87. The number of ether oxygens (including phenoxy) is 1. The zero-order valence-electron chi connectivity index (χ0n) is 9.56. The fourth-order valence-corrected chi connectivity index (χ4v) is 2.50. The van der Waals surface area contributed by atoms with Crippen molar-refractivity contribution in [3.05, 3.63) is 35.4 Å². The van der Waals surface area contributed by atoms with E-state index < -0.39 is 12.1 Å². The first-order valence-electron chi connectivity index (χ1n) is 5.43. The minimum Gasteiger partial charge on any atom is -0.479 e. The van der Waals surface area contributed by atoms with E-state index in [1.165, 1.54) is 7.11 Å². The van der Waals surface area contributed by atoms with Crippen LogP contribution >= 0.6 is 0 Å². The predicted octanol–water partition coefficient (Wildman–Crippen LogP) is 2.13. The number of hydrogen-bond acceptors (Lipinski definition) is 2. The quantitative estimate of drug-likeness (QED) is 0.845. The molecule has 0 bridgehead atoms. The Balaban J connectivity index is 2.39. The molecule has 1 fully saturated rings. The highest BCUT2D eigenvalue weighted by molar-refractivity contribution is 5.76. The normalized spacial score (nSPS) is 19.1. The minimum atomic E-state index is -0.872. The lowest BCUT2D eigenvalue weighted by Gasteiger charge is -2.24. The van der Waals surface area contributed by atoms with Crippen LogP contribution < -0.4 is 0 Å². The Morgan fingerprint density at radius 2 is 2.06 bits per heavy atom. The number of carboxylic acids is 1. The first-order valence-corrected chi connectivity index (χ1v) is 5.43. The Bertz CT molecular complexity index is 407. The van der Waals surface area contributed by atoms with E-state index in [2.05, 4.69) is 0 Å². The van der Waals surface area contributed by atoms with Gasteiger partial charge < -0.3 is 9.84 Å². The Kier molecular flexibility index (Phi) is 2.72. The molecule has 0 spiro atoms. The highest BCUT2D eigenvalue weighted by Crippen LogP contribution is 2.52. The summed E-state index contributed by atoms with van der Waals surface area (Å²) in [6.07, 6.45) is 1.05. The number of aryl methyl sites for hydroxylation is 1. The van der Waals surface area contributed by atoms with Crippen molar-refractivity contribution in [3.8, 4) is 0 Å². The molecule has 2 rings (SSSR count). The molecule has 0 heterocycles. The molecule has 3 heteroatoms. The van der Waals surface area contributed by atoms with Gasteiger partial charge >= 0.3 is 5.97 Å². The van der Waals surface area contributed by atoms with Crippen LogP contribution in [0.4, 0.5) is 0 Å². The van der Waals surface area contributed by atoms with E-state index in [0.29, 0.717) is 0 Å². The highest BCUT2D eigenvalue weighted by atomic mass is 16.5. The van der Waals surface area contributed by atoms with Crippen LogP contribution in [0.25, 0.3) is 0 Å². The summed E-state index contributed by atoms with van der Waals surface area (Å²) < 4.78 is 5.15. The fraction of sp³-hybridized carbons (Fsp3) is 0.462. The van der Waals surface area contributed by atoms with Crippen LogP contribution in [0, 0.1) is 6.92 Å². The van der Waals surface area contributed by atoms with Gasteiger partial charge in [-0.05, 0) is 30.9 Å². The van der Waals surface area contributed by atoms with Crippen molar-refractivity contribution in [1.82, 2.24) is 0 Å². The summed E-state index contributed by atoms with van der Waals surface area (Å²) in [5.41, 5.74) is 1.96.